The number of hydrogen-bond donors (Lipinski definition) is 2. The van der Waals surface area contributed by atoms with Gasteiger partial charge in [-0.3, -0.25) is 4.79 Å². The molecule has 0 fully saturated rings. The lowest BCUT2D eigenvalue weighted by Gasteiger charge is -2.03. The summed E-state index contributed by atoms with van der Waals surface area (Å²) in [5.41, 5.74) is 4.41. The van der Waals surface area contributed by atoms with Crippen molar-refractivity contribution in [2.24, 2.45) is 5.10 Å². The fourth-order valence-corrected chi connectivity index (χ4v) is 4.45. The van der Waals surface area contributed by atoms with Crippen LogP contribution in [0.25, 0.3) is 11.1 Å². The molecule has 0 aliphatic rings. The molecule has 1 heterocycles. The number of fused-ring (bicyclic) bond motifs is 1. The van der Waals surface area contributed by atoms with Gasteiger partial charge >= 0.3 is 0 Å². The van der Waals surface area contributed by atoms with Crippen LogP contribution in [-0.4, -0.2) is 28.0 Å². The number of nitrogens with zero attached hydrogens (tertiary/aromatic N) is 2. The minimum Gasteiger partial charge on any atom is -0.506 e. The SMILES string of the molecule is O=C(CSc1nc2ccccc2o1)N/N=C/c1cc(I)cc(I)c1O. The minimum atomic E-state index is -0.289. The number of carbonyl (C=O) groups excluding carboxylic acids is 1. The summed E-state index contributed by atoms with van der Waals surface area (Å²) in [6, 6.07) is 11.0. The number of aromatic hydroxyl groups is 1. The third-order valence-corrected chi connectivity index (χ3v) is 5.32. The normalized spacial score (nSPS) is 11.3. The maximum Gasteiger partial charge on any atom is 0.257 e. The van der Waals surface area contributed by atoms with Crippen molar-refractivity contribution >= 4 is 80.2 Å². The maximum atomic E-state index is 11.9. The lowest BCUT2D eigenvalue weighted by atomic mass is 10.2. The standard InChI is InChI=1S/C16H11I2N3O3S/c17-10-5-9(15(23)11(18)6-10)7-19-21-14(22)8-25-16-20-12-3-1-2-4-13(12)24-16/h1-7,23H,8H2,(H,21,22)/b19-7+. The van der Waals surface area contributed by atoms with Crippen LogP contribution in [0.4, 0.5) is 0 Å². The van der Waals surface area contributed by atoms with E-state index in [0.29, 0.717) is 16.4 Å². The number of carbonyl (C=O) groups is 1. The van der Waals surface area contributed by atoms with E-state index in [1.54, 1.807) is 6.07 Å². The summed E-state index contributed by atoms with van der Waals surface area (Å²) in [5.74, 6) is -0.0248. The van der Waals surface area contributed by atoms with Crippen LogP contribution < -0.4 is 5.43 Å². The van der Waals surface area contributed by atoms with Gasteiger partial charge in [-0.2, -0.15) is 5.10 Å². The second kappa shape index (κ2) is 8.36. The summed E-state index contributed by atoms with van der Waals surface area (Å²) in [5, 5.41) is 14.3. The molecule has 6 nitrogen and oxygen atoms in total. The van der Waals surface area contributed by atoms with Gasteiger partial charge in [0.15, 0.2) is 5.58 Å². The Labute approximate surface area is 174 Å². The highest BCUT2D eigenvalue weighted by atomic mass is 127. The molecule has 0 bridgehead atoms. The van der Waals surface area contributed by atoms with Crippen LogP contribution in [0, 0.1) is 7.14 Å². The van der Waals surface area contributed by atoms with Crippen molar-refractivity contribution < 1.29 is 14.3 Å². The number of halogens is 2. The van der Waals surface area contributed by atoms with Crippen molar-refractivity contribution in [1.29, 1.82) is 0 Å². The molecule has 0 radical (unpaired) electrons. The molecule has 2 N–H and O–H groups in total. The molecule has 0 saturated heterocycles. The molecule has 1 aromatic heterocycles. The Kier molecular flexibility index (Phi) is 6.17. The number of oxazole rings is 1. The third-order valence-electron chi connectivity index (χ3n) is 3.05. The van der Waals surface area contributed by atoms with E-state index in [1.165, 1.54) is 18.0 Å². The molecular formula is C16H11I2N3O3S. The molecule has 128 valence electrons. The van der Waals surface area contributed by atoms with E-state index >= 15 is 0 Å². The smallest absolute Gasteiger partial charge is 0.257 e. The largest absolute Gasteiger partial charge is 0.506 e. The topological polar surface area (TPSA) is 87.7 Å². The van der Waals surface area contributed by atoms with Crippen LogP contribution in [0.15, 0.2) is 51.1 Å². The Morgan fingerprint density at radius 1 is 1.36 bits per heavy atom. The lowest BCUT2D eigenvalue weighted by molar-refractivity contribution is -0.118. The van der Waals surface area contributed by atoms with Gasteiger partial charge in [0, 0.05) is 9.13 Å². The number of phenols is 1. The first-order valence-corrected chi connectivity index (χ1v) is 10.2. The van der Waals surface area contributed by atoms with Gasteiger partial charge in [-0.15, -0.1) is 0 Å². The fourth-order valence-electron chi connectivity index (χ4n) is 1.93. The molecule has 0 atom stereocenters. The number of amides is 1. The summed E-state index contributed by atoms with van der Waals surface area (Å²) in [7, 11) is 0. The number of nitrogens with one attached hydrogen (secondary N) is 1. The highest BCUT2D eigenvalue weighted by Gasteiger charge is 2.09. The Morgan fingerprint density at radius 3 is 2.96 bits per heavy atom. The van der Waals surface area contributed by atoms with Crippen LogP contribution in [-0.2, 0) is 4.79 Å². The fraction of sp³-hybridized carbons (Fsp3) is 0.0625. The zero-order chi connectivity index (χ0) is 17.8. The number of phenolic OH excluding ortho intramolecular Hbond substituents is 1. The molecule has 0 aliphatic heterocycles. The molecule has 3 aromatic rings. The summed E-state index contributed by atoms with van der Waals surface area (Å²) in [4.78, 5) is 16.1. The van der Waals surface area contributed by atoms with E-state index in [1.807, 2.05) is 52.9 Å². The minimum absolute atomic E-state index is 0.125. The van der Waals surface area contributed by atoms with Crippen molar-refractivity contribution in [2.45, 2.75) is 5.22 Å². The number of aromatic nitrogens is 1. The number of hydrazone groups is 1. The zero-order valence-electron chi connectivity index (χ0n) is 12.6. The molecule has 1 amide bonds. The number of rotatable bonds is 5. The summed E-state index contributed by atoms with van der Waals surface area (Å²) < 4.78 is 7.23. The van der Waals surface area contributed by atoms with Crippen molar-refractivity contribution in [3.05, 3.63) is 49.1 Å². The molecule has 0 saturated carbocycles. The number of benzene rings is 2. The van der Waals surface area contributed by atoms with E-state index < -0.39 is 0 Å². The Morgan fingerprint density at radius 2 is 2.16 bits per heavy atom. The quantitative estimate of drug-likeness (QED) is 0.207. The van der Waals surface area contributed by atoms with Crippen molar-refractivity contribution in [3.63, 3.8) is 0 Å². The summed E-state index contributed by atoms with van der Waals surface area (Å²) in [6.45, 7) is 0. The van der Waals surface area contributed by atoms with Crippen molar-refractivity contribution in [1.82, 2.24) is 10.4 Å². The molecule has 0 unspecified atom stereocenters. The van der Waals surface area contributed by atoms with E-state index in [4.69, 9.17) is 4.42 Å². The van der Waals surface area contributed by atoms with E-state index in [9.17, 15) is 9.90 Å². The van der Waals surface area contributed by atoms with Gasteiger partial charge < -0.3 is 9.52 Å². The molecule has 25 heavy (non-hydrogen) atoms. The second-order valence-corrected chi connectivity index (χ2v) is 8.19. The monoisotopic (exact) mass is 579 g/mol. The van der Waals surface area contributed by atoms with Gasteiger partial charge in [-0.1, -0.05) is 23.9 Å². The molecule has 3 rings (SSSR count). The van der Waals surface area contributed by atoms with Gasteiger partial charge in [0.2, 0.25) is 0 Å². The molecule has 0 spiro atoms. The highest BCUT2D eigenvalue weighted by Crippen LogP contribution is 2.25. The Balaban J connectivity index is 1.56. The predicted molar refractivity (Wildman–Crippen MR) is 114 cm³/mol. The van der Waals surface area contributed by atoms with Crippen LogP contribution in [0.2, 0.25) is 0 Å². The summed E-state index contributed by atoms with van der Waals surface area (Å²) in [6.07, 6.45) is 1.42. The van der Waals surface area contributed by atoms with Crippen LogP contribution in [0.3, 0.4) is 0 Å². The van der Waals surface area contributed by atoms with Gasteiger partial charge in [0.25, 0.3) is 11.1 Å². The second-order valence-electron chi connectivity index (χ2n) is 4.85. The van der Waals surface area contributed by atoms with Crippen molar-refractivity contribution in [3.8, 4) is 5.75 Å². The van der Waals surface area contributed by atoms with Crippen LogP contribution >= 0.6 is 56.9 Å². The predicted octanol–water partition coefficient (Wildman–Crippen LogP) is 3.99. The number of hydrogen-bond acceptors (Lipinski definition) is 6. The van der Waals surface area contributed by atoms with Gasteiger partial charge in [0.05, 0.1) is 15.5 Å². The van der Waals surface area contributed by atoms with Crippen LogP contribution in [0.5, 0.6) is 5.75 Å². The van der Waals surface area contributed by atoms with E-state index in [-0.39, 0.29) is 17.4 Å². The third kappa shape index (κ3) is 4.85. The first-order valence-electron chi connectivity index (χ1n) is 7.01. The molecule has 0 aliphatic carbocycles. The van der Waals surface area contributed by atoms with Gasteiger partial charge in [-0.25, -0.2) is 10.4 Å². The average Bonchev–Trinajstić information content (AvgIpc) is 3.00. The van der Waals surface area contributed by atoms with Crippen molar-refractivity contribution in [2.75, 3.05) is 5.75 Å². The first kappa shape index (κ1) is 18.5. The molecule has 2 aromatic carbocycles. The number of thioether (sulfide) groups is 1. The van der Waals surface area contributed by atoms with Gasteiger partial charge in [-0.05, 0) is 69.4 Å². The zero-order valence-corrected chi connectivity index (χ0v) is 17.7. The Bertz CT molecular complexity index is 926. The molecular weight excluding hydrogens is 568 g/mol. The Hall–Kier alpha value is -1.34. The molecule has 9 heteroatoms. The first-order chi connectivity index (χ1) is 12.0. The average molecular weight is 579 g/mol. The van der Waals surface area contributed by atoms with Gasteiger partial charge in [0.1, 0.15) is 11.3 Å². The van der Waals surface area contributed by atoms with Crippen LogP contribution in [0.1, 0.15) is 5.56 Å². The highest BCUT2D eigenvalue weighted by molar-refractivity contribution is 14.1. The van der Waals surface area contributed by atoms with E-state index in [2.05, 4.69) is 38.1 Å². The van der Waals surface area contributed by atoms with E-state index in [0.717, 1.165) is 12.7 Å². The summed E-state index contributed by atoms with van der Waals surface area (Å²) >= 11 is 5.39. The maximum absolute atomic E-state index is 11.9. The lowest BCUT2D eigenvalue weighted by Crippen LogP contribution is -2.19. The number of para-hydroxylation sites is 2.